The predicted octanol–water partition coefficient (Wildman–Crippen LogP) is -14.4. The number of aliphatic hydroxyl groups excluding tert-OH is 22. The fourth-order valence-corrected chi connectivity index (χ4v) is 12.8. The van der Waals surface area contributed by atoms with Crippen LogP contribution in [0, 0.1) is 17.8 Å². The van der Waals surface area contributed by atoms with E-state index in [0.29, 0.717) is 0 Å². The van der Waals surface area contributed by atoms with Gasteiger partial charge in [0.25, 0.3) is 5.79 Å². The van der Waals surface area contributed by atoms with Crippen LogP contribution in [0.4, 0.5) is 0 Å². The smallest absolute Gasteiger partial charge is 0.364 e. The Morgan fingerprint density at radius 3 is 1.32 bits per heavy atom. The monoisotopic (exact) mass is 1390 g/mol. The van der Waals surface area contributed by atoms with Crippen molar-refractivity contribution in [2.45, 2.75) is 267 Å². The van der Waals surface area contributed by atoms with Gasteiger partial charge in [-0.2, -0.15) is 0 Å². The molecule has 8 fully saturated rings. The van der Waals surface area contributed by atoms with Crippen molar-refractivity contribution in [3.63, 3.8) is 0 Å². The maximum Gasteiger partial charge on any atom is 0.364 e. The van der Waals surface area contributed by atoms with Crippen molar-refractivity contribution in [2.24, 2.45) is 23.5 Å². The summed E-state index contributed by atoms with van der Waals surface area (Å²) >= 11 is 0. The minimum Gasteiger partial charge on any atom is -0.477 e. The maximum absolute atomic E-state index is 12.9. The normalized spacial score (nSPS) is 51.6. The molecule has 8 aliphatic heterocycles. The molecule has 554 valence electrons. The van der Waals surface area contributed by atoms with Gasteiger partial charge < -0.3 is 194 Å². The number of hydrogen-bond acceptors (Lipinski definition) is 39. The number of ether oxygens (including phenoxy) is 15. The van der Waals surface area contributed by atoms with Crippen LogP contribution in [-0.2, 0) is 75.8 Å². The quantitative estimate of drug-likeness (QED) is 0.0404. The third kappa shape index (κ3) is 16.3. The highest BCUT2D eigenvalue weighted by Crippen LogP contribution is 2.42. The van der Waals surface area contributed by atoms with E-state index in [1.165, 1.54) is 13.8 Å². The molecule has 0 saturated carbocycles. The molecular formula is C55H95NO39. The Kier molecular flexibility index (Phi) is 27.6. The molecule has 0 aliphatic carbocycles. The van der Waals surface area contributed by atoms with Crippen molar-refractivity contribution in [1.29, 1.82) is 0 Å². The van der Waals surface area contributed by atoms with Gasteiger partial charge in [0.2, 0.25) is 0 Å². The molecule has 40 heteroatoms. The standard InChI is InChI=1S/C55H95NO39/c1-14-17(4)82-23(10-61)41(28(14)66)89-48-15(2)29(67)42(24(11-62)86-48)90-51-39(77)45(92-50-38(76)36(74)32(70)20(7-58)83-50)35(73)26(88-51)13-81-53-47(37(75)33(71)21(8-59)85-53)93-49-16(3)30(68)43(25(12-63)87-49)91-52-40(78)46(34(72)22(9-60)84-52)95-55(54(79)80)5-18(64)27(56)44(94-55)31(69)19(65)6-57/h14-53,57-78H,5-13,56H2,1-4H3,(H,79,80)/t14-,15+,16?,17+,18-,19?,20-,21?,22?,23?,24?,25+,26?,27-,28?,29?,30?,31?,32-,33-,34+,35-,36?,37?,38?,39?,40+,41-,42-,43-,44?,45?,46?,47-,48+,49+,50-,51+,52+,53+,55+/m1/s1. The molecule has 0 aromatic heterocycles. The van der Waals surface area contributed by atoms with Crippen LogP contribution in [-0.4, -0.2) is 409 Å². The number of carboxylic acid groups (broad SMARTS) is 1. The number of aliphatic hydroxyl groups is 22. The summed E-state index contributed by atoms with van der Waals surface area (Å²) in [4.78, 5) is 12.9. The maximum atomic E-state index is 12.9. The van der Waals surface area contributed by atoms with Crippen LogP contribution in [0.15, 0.2) is 0 Å². The van der Waals surface area contributed by atoms with E-state index in [1.807, 2.05) is 0 Å². The molecule has 0 bridgehead atoms. The van der Waals surface area contributed by atoms with Gasteiger partial charge in [0.05, 0.1) is 89.4 Å². The summed E-state index contributed by atoms with van der Waals surface area (Å²) in [5, 5.41) is 250. The average Bonchev–Trinajstić information content (AvgIpc) is 0.769. The van der Waals surface area contributed by atoms with Gasteiger partial charge in [-0.1, -0.05) is 20.8 Å². The number of rotatable bonds is 25. The van der Waals surface area contributed by atoms with Crippen molar-refractivity contribution >= 4 is 5.97 Å². The van der Waals surface area contributed by atoms with Crippen molar-refractivity contribution < 1.29 is 193 Å². The molecular weight excluding hydrogens is 1300 g/mol. The fraction of sp³-hybridized carbons (Fsp3) is 0.982. The summed E-state index contributed by atoms with van der Waals surface area (Å²) in [7, 11) is 0. The summed E-state index contributed by atoms with van der Waals surface area (Å²) in [5.74, 6) is -8.12. The fourth-order valence-electron chi connectivity index (χ4n) is 12.8. The van der Waals surface area contributed by atoms with E-state index in [9.17, 15) is 122 Å². The summed E-state index contributed by atoms with van der Waals surface area (Å²) in [6.45, 7) is -1.55. The molecule has 0 radical (unpaired) electrons. The minimum atomic E-state index is -3.11. The van der Waals surface area contributed by atoms with E-state index in [-0.39, 0.29) is 0 Å². The summed E-state index contributed by atoms with van der Waals surface area (Å²) in [6.07, 6.45) is -67.1. The van der Waals surface area contributed by atoms with Crippen LogP contribution in [0.5, 0.6) is 0 Å². The lowest BCUT2D eigenvalue weighted by molar-refractivity contribution is -0.395. The van der Waals surface area contributed by atoms with E-state index in [2.05, 4.69) is 0 Å². The van der Waals surface area contributed by atoms with Gasteiger partial charge >= 0.3 is 5.97 Å². The first-order valence-electron chi connectivity index (χ1n) is 31.2. The van der Waals surface area contributed by atoms with Crippen LogP contribution in [0.25, 0.3) is 0 Å². The van der Waals surface area contributed by atoms with Crippen LogP contribution < -0.4 is 5.73 Å². The first-order chi connectivity index (χ1) is 44.9. The van der Waals surface area contributed by atoms with Crippen LogP contribution in [0.3, 0.4) is 0 Å². The molecule has 8 aliphatic rings. The lowest BCUT2D eigenvalue weighted by Gasteiger charge is -2.51. The van der Waals surface area contributed by atoms with Crippen LogP contribution >= 0.6 is 0 Å². The first kappa shape index (κ1) is 78.7. The lowest BCUT2D eigenvalue weighted by Crippen LogP contribution is -2.70. The van der Waals surface area contributed by atoms with Gasteiger partial charge in [0.1, 0.15) is 153 Å². The number of nitrogens with two attached hydrogens (primary N) is 1. The third-order valence-corrected chi connectivity index (χ3v) is 19.1. The van der Waals surface area contributed by atoms with E-state index < -0.39 is 316 Å². The van der Waals surface area contributed by atoms with E-state index in [1.54, 1.807) is 13.8 Å². The zero-order valence-corrected chi connectivity index (χ0v) is 51.9. The Morgan fingerprint density at radius 2 is 0.821 bits per heavy atom. The van der Waals surface area contributed by atoms with Crippen LogP contribution in [0.1, 0.15) is 34.1 Å². The highest BCUT2D eigenvalue weighted by molar-refractivity contribution is 5.76. The van der Waals surface area contributed by atoms with Crippen molar-refractivity contribution in [3.05, 3.63) is 0 Å². The first-order valence-corrected chi connectivity index (χ1v) is 31.2. The molecule has 18 unspecified atom stereocenters. The Balaban J connectivity index is 1.00. The van der Waals surface area contributed by atoms with Crippen molar-refractivity contribution in [3.8, 4) is 0 Å². The Bertz CT molecular complexity index is 2360. The van der Waals surface area contributed by atoms with Gasteiger partial charge in [0.15, 0.2) is 37.7 Å². The number of aliphatic carboxylic acids is 1. The predicted molar refractivity (Wildman–Crippen MR) is 297 cm³/mol. The molecule has 0 aromatic rings. The molecule has 25 N–H and O–H groups in total. The number of carbonyl (C=O) groups is 1. The van der Waals surface area contributed by atoms with Crippen LogP contribution in [0.2, 0.25) is 0 Å². The minimum absolute atomic E-state index is 0.499. The Labute approximate surface area is 541 Å². The molecule has 0 spiro atoms. The molecule has 8 saturated heterocycles. The summed E-state index contributed by atoms with van der Waals surface area (Å²) in [5.41, 5.74) is 5.97. The number of carboxylic acids is 1. The molecule has 0 aromatic carbocycles. The molecule has 8 rings (SSSR count). The Morgan fingerprint density at radius 1 is 0.432 bits per heavy atom. The second-order valence-corrected chi connectivity index (χ2v) is 25.3. The van der Waals surface area contributed by atoms with E-state index >= 15 is 0 Å². The Hall–Kier alpha value is -2.05. The zero-order valence-electron chi connectivity index (χ0n) is 51.9. The molecule has 0 amide bonds. The second-order valence-electron chi connectivity index (χ2n) is 25.3. The van der Waals surface area contributed by atoms with Crippen molar-refractivity contribution in [2.75, 3.05) is 52.9 Å². The third-order valence-electron chi connectivity index (χ3n) is 19.1. The van der Waals surface area contributed by atoms with E-state index in [4.69, 9.17) is 76.8 Å². The summed E-state index contributed by atoms with van der Waals surface area (Å²) < 4.78 is 88.4. The SMILES string of the molecule is CC1C(O)[C@H](O[C@@H]2OC(CO)[C@H](O)C(O[C@]3(C(=O)O)C[C@@H](O)[C@@H](N)C(C(O)C(O)CO)O3)[C@@H]2O)[C@H](CO)O[C@H]1O[C@@H]1C(O)[C@H](O)C(CO)O[C@@H]1OCC1O[C@@H](O[C@@H]2C(CO)O[C@@H](O[C@@H]3C(CO)O[C@@H](C)[C@@H](C)C3O)[C@@H](C)C2O)C(O)C(O[C@H]2O[C@H](CO)[C@@H](O)C(O)C2O)[C@@H]1O. The largest absolute Gasteiger partial charge is 0.477 e. The van der Waals surface area contributed by atoms with Gasteiger partial charge in [-0.3, -0.25) is 0 Å². The van der Waals surface area contributed by atoms with Crippen molar-refractivity contribution in [1.82, 2.24) is 0 Å². The lowest BCUT2D eigenvalue weighted by atomic mass is 9.88. The zero-order chi connectivity index (χ0) is 70.1. The highest BCUT2D eigenvalue weighted by Gasteiger charge is 2.61. The van der Waals surface area contributed by atoms with Gasteiger partial charge in [-0.25, -0.2) is 4.79 Å². The number of hydrogen-bond donors (Lipinski definition) is 24. The molecule has 95 heavy (non-hydrogen) atoms. The average molecular weight is 1390 g/mol. The van der Waals surface area contributed by atoms with E-state index in [0.717, 1.165) is 0 Å². The van der Waals surface area contributed by atoms with Gasteiger partial charge in [-0.05, 0) is 6.92 Å². The molecule has 40 nitrogen and oxygen atoms in total. The second kappa shape index (κ2) is 33.4. The highest BCUT2D eigenvalue weighted by atomic mass is 16.8. The molecule has 41 atom stereocenters. The van der Waals surface area contributed by atoms with Gasteiger partial charge in [-0.15, -0.1) is 0 Å². The molecule has 8 heterocycles. The summed E-state index contributed by atoms with van der Waals surface area (Å²) in [6, 6.07) is -1.61. The van der Waals surface area contributed by atoms with Gasteiger partial charge in [0, 0.05) is 24.2 Å². The topological polar surface area (TPSA) is 647 Å².